The highest BCUT2D eigenvalue weighted by molar-refractivity contribution is 7.89. The summed E-state index contributed by atoms with van der Waals surface area (Å²) in [6.07, 6.45) is 3.34. The third-order valence-corrected chi connectivity index (χ3v) is 6.78. The Balaban J connectivity index is 1.47. The van der Waals surface area contributed by atoms with Gasteiger partial charge in [0.05, 0.1) is 10.9 Å². The number of pyridine rings is 1. The smallest absolute Gasteiger partial charge is 0.309 e. The van der Waals surface area contributed by atoms with Crippen molar-refractivity contribution in [1.82, 2.24) is 9.29 Å². The van der Waals surface area contributed by atoms with Crippen LogP contribution in [0.25, 0.3) is 0 Å². The van der Waals surface area contributed by atoms with Crippen LogP contribution in [0.15, 0.2) is 47.6 Å². The van der Waals surface area contributed by atoms with Gasteiger partial charge in [0.25, 0.3) is 5.91 Å². The summed E-state index contributed by atoms with van der Waals surface area (Å²) < 4.78 is 44.6. The Morgan fingerprint density at radius 1 is 1.27 bits per heavy atom. The number of amides is 1. The van der Waals surface area contributed by atoms with Crippen LogP contribution >= 0.6 is 11.6 Å². The number of nitrogens with zero attached hydrogens (tertiary/aromatic N) is 2. The molecule has 30 heavy (non-hydrogen) atoms. The molecule has 0 bridgehead atoms. The van der Waals surface area contributed by atoms with Gasteiger partial charge in [-0.1, -0.05) is 11.6 Å². The van der Waals surface area contributed by atoms with Gasteiger partial charge in [-0.05, 0) is 43.2 Å². The first-order valence-corrected chi connectivity index (χ1v) is 10.9. The number of hydrogen-bond donors (Lipinski definition) is 1. The second-order valence-electron chi connectivity index (χ2n) is 6.65. The predicted molar refractivity (Wildman–Crippen MR) is 107 cm³/mol. The molecule has 2 aromatic rings. The number of carbonyl (C=O) groups is 2. The summed E-state index contributed by atoms with van der Waals surface area (Å²) >= 11 is 5.65. The molecule has 11 heteroatoms. The average molecular weight is 456 g/mol. The molecular weight excluding hydrogens is 437 g/mol. The molecule has 0 radical (unpaired) electrons. The number of rotatable bonds is 6. The van der Waals surface area contributed by atoms with Crippen molar-refractivity contribution in [1.29, 1.82) is 0 Å². The molecule has 1 saturated heterocycles. The van der Waals surface area contributed by atoms with E-state index >= 15 is 0 Å². The Morgan fingerprint density at radius 2 is 2.00 bits per heavy atom. The highest BCUT2D eigenvalue weighted by Crippen LogP contribution is 2.24. The van der Waals surface area contributed by atoms with Crippen LogP contribution in [0.4, 0.5) is 10.1 Å². The number of piperidine rings is 1. The molecule has 1 aromatic heterocycles. The standard InChI is InChI=1S/C19H19ClFN3O5S/c20-16-10-14(3-4-17(16)21)23-18(25)12-29-19(26)13-5-8-24(9-6-13)30(27,28)15-2-1-7-22-11-15/h1-4,7,10-11,13H,5-6,8-9,12H2,(H,23,25). The maximum Gasteiger partial charge on any atom is 0.309 e. The van der Waals surface area contributed by atoms with Gasteiger partial charge in [-0.2, -0.15) is 4.31 Å². The van der Waals surface area contributed by atoms with Crippen molar-refractivity contribution in [3.05, 3.63) is 53.6 Å². The quantitative estimate of drug-likeness (QED) is 0.671. The van der Waals surface area contributed by atoms with E-state index in [2.05, 4.69) is 10.3 Å². The van der Waals surface area contributed by atoms with E-state index in [-0.39, 0.29) is 41.5 Å². The zero-order valence-corrected chi connectivity index (χ0v) is 17.3. The maximum atomic E-state index is 13.1. The van der Waals surface area contributed by atoms with Gasteiger partial charge in [-0.25, -0.2) is 12.8 Å². The summed E-state index contributed by atoms with van der Waals surface area (Å²) in [5.41, 5.74) is 0.274. The number of hydrogen-bond acceptors (Lipinski definition) is 6. The van der Waals surface area contributed by atoms with E-state index in [9.17, 15) is 22.4 Å². The number of esters is 1. The number of benzene rings is 1. The normalized spacial score (nSPS) is 15.5. The lowest BCUT2D eigenvalue weighted by Crippen LogP contribution is -2.40. The van der Waals surface area contributed by atoms with Crippen LogP contribution in [0.2, 0.25) is 5.02 Å². The summed E-state index contributed by atoms with van der Waals surface area (Å²) in [4.78, 5) is 28.1. The van der Waals surface area contributed by atoms with Crippen molar-refractivity contribution in [2.45, 2.75) is 17.7 Å². The van der Waals surface area contributed by atoms with Crippen molar-refractivity contribution >= 4 is 39.2 Å². The van der Waals surface area contributed by atoms with Gasteiger partial charge < -0.3 is 10.1 Å². The number of carbonyl (C=O) groups excluding carboxylic acids is 2. The molecule has 0 saturated carbocycles. The largest absolute Gasteiger partial charge is 0.455 e. The summed E-state index contributed by atoms with van der Waals surface area (Å²) in [7, 11) is -3.66. The Hall–Kier alpha value is -2.56. The Kier molecular flexibility index (Phi) is 7.01. The fourth-order valence-corrected chi connectivity index (χ4v) is 4.62. The van der Waals surface area contributed by atoms with Gasteiger partial charge in [0.15, 0.2) is 6.61 Å². The molecule has 1 aromatic carbocycles. The molecule has 1 N–H and O–H groups in total. The average Bonchev–Trinajstić information content (AvgIpc) is 2.75. The molecule has 0 atom stereocenters. The number of nitrogens with one attached hydrogen (secondary N) is 1. The minimum atomic E-state index is -3.66. The fourth-order valence-electron chi connectivity index (χ4n) is 3.01. The molecule has 8 nitrogen and oxygen atoms in total. The zero-order valence-electron chi connectivity index (χ0n) is 15.8. The third kappa shape index (κ3) is 5.32. The van der Waals surface area contributed by atoms with Crippen molar-refractivity contribution in [2.24, 2.45) is 5.92 Å². The molecule has 1 aliphatic rings. The summed E-state index contributed by atoms with van der Waals surface area (Å²) in [6, 6.07) is 6.70. The first kappa shape index (κ1) is 22.1. The van der Waals surface area contributed by atoms with Crippen molar-refractivity contribution < 1.29 is 27.1 Å². The monoisotopic (exact) mass is 455 g/mol. The van der Waals surface area contributed by atoms with Crippen LogP contribution in [-0.2, 0) is 24.3 Å². The Bertz CT molecular complexity index is 1030. The van der Waals surface area contributed by atoms with E-state index in [1.165, 1.54) is 34.9 Å². The lowest BCUT2D eigenvalue weighted by Gasteiger charge is -2.29. The van der Waals surface area contributed by atoms with Crippen molar-refractivity contribution in [2.75, 3.05) is 25.0 Å². The first-order chi connectivity index (χ1) is 14.3. The van der Waals surface area contributed by atoms with E-state index in [0.717, 1.165) is 6.07 Å². The number of aromatic nitrogens is 1. The molecule has 160 valence electrons. The SMILES string of the molecule is O=C(COC(=O)C1CCN(S(=O)(=O)c2cccnc2)CC1)Nc1ccc(F)c(Cl)c1. The predicted octanol–water partition coefficient (Wildman–Crippen LogP) is 2.46. The van der Waals surface area contributed by atoms with E-state index in [1.807, 2.05) is 0 Å². The van der Waals surface area contributed by atoms with Crippen LogP contribution in [-0.4, -0.2) is 49.3 Å². The second kappa shape index (κ2) is 9.50. The number of anilines is 1. The van der Waals surface area contributed by atoms with Gasteiger partial charge in [-0.15, -0.1) is 0 Å². The van der Waals surface area contributed by atoms with E-state index in [0.29, 0.717) is 0 Å². The molecule has 0 aliphatic carbocycles. The second-order valence-corrected chi connectivity index (χ2v) is 9.00. The summed E-state index contributed by atoms with van der Waals surface area (Å²) in [5.74, 6) is -2.28. The minimum Gasteiger partial charge on any atom is -0.455 e. The summed E-state index contributed by atoms with van der Waals surface area (Å²) in [5, 5.41) is 2.31. The van der Waals surface area contributed by atoms with E-state index in [4.69, 9.17) is 16.3 Å². The zero-order chi connectivity index (χ0) is 21.7. The third-order valence-electron chi connectivity index (χ3n) is 4.61. The first-order valence-electron chi connectivity index (χ1n) is 9.09. The highest BCUT2D eigenvalue weighted by Gasteiger charge is 2.33. The van der Waals surface area contributed by atoms with Crippen LogP contribution in [0.1, 0.15) is 12.8 Å². The van der Waals surface area contributed by atoms with Crippen LogP contribution in [0.5, 0.6) is 0 Å². The molecule has 1 aliphatic heterocycles. The van der Waals surface area contributed by atoms with Crippen molar-refractivity contribution in [3.8, 4) is 0 Å². The van der Waals surface area contributed by atoms with E-state index in [1.54, 1.807) is 6.07 Å². The molecule has 3 rings (SSSR count). The van der Waals surface area contributed by atoms with Gasteiger partial charge in [0.1, 0.15) is 10.7 Å². The molecule has 1 amide bonds. The van der Waals surface area contributed by atoms with Crippen LogP contribution in [0.3, 0.4) is 0 Å². The summed E-state index contributed by atoms with van der Waals surface area (Å²) in [6.45, 7) is -0.184. The topological polar surface area (TPSA) is 106 Å². The maximum absolute atomic E-state index is 13.1. The Labute approximate surface area is 178 Å². The molecule has 1 fully saturated rings. The van der Waals surface area contributed by atoms with Gasteiger partial charge in [0.2, 0.25) is 10.0 Å². The lowest BCUT2D eigenvalue weighted by atomic mass is 9.98. The van der Waals surface area contributed by atoms with Crippen LogP contribution in [0, 0.1) is 11.7 Å². The lowest BCUT2D eigenvalue weighted by molar-refractivity contribution is -0.152. The Morgan fingerprint density at radius 3 is 2.63 bits per heavy atom. The molecule has 0 unspecified atom stereocenters. The molecule has 2 heterocycles. The highest BCUT2D eigenvalue weighted by atomic mass is 35.5. The van der Waals surface area contributed by atoms with E-state index < -0.39 is 40.2 Å². The van der Waals surface area contributed by atoms with Crippen molar-refractivity contribution in [3.63, 3.8) is 0 Å². The van der Waals surface area contributed by atoms with Gasteiger partial charge in [0, 0.05) is 31.2 Å². The number of ether oxygens (including phenoxy) is 1. The molecule has 0 spiro atoms. The van der Waals surface area contributed by atoms with Gasteiger partial charge >= 0.3 is 5.97 Å². The number of sulfonamides is 1. The fraction of sp³-hybridized carbons (Fsp3) is 0.316. The van der Waals surface area contributed by atoms with Crippen LogP contribution < -0.4 is 5.32 Å². The van der Waals surface area contributed by atoms with Gasteiger partial charge in [-0.3, -0.25) is 14.6 Å². The minimum absolute atomic E-state index is 0.101. The number of halogens is 2. The molecular formula is C19H19ClFN3O5S.